The Morgan fingerprint density at radius 1 is 1.21 bits per heavy atom. The summed E-state index contributed by atoms with van der Waals surface area (Å²) in [4.78, 5) is 22.8. The first kappa shape index (κ1) is 14.5. The number of nitrogens with zero attached hydrogens (tertiary/aromatic N) is 1. The number of nitrogens with one attached hydrogen (secondary N) is 1. The van der Waals surface area contributed by atoms with Crippen molar-refractivity contribution in [2.75, 3.05) is 0 Å². The topological polar surface area (TPSA) is 96.2 Å². The number of para-hydroxylation sites is 1. The highest BCUT2D eigenvalue weighted by Crippen LogP contribution is 2.16. The zero-order chi connectivity index (χ0) is 14.3. The largest absolute Gasteiger partial charge is 0.477 e. The van der Waals surface area contributed by atoms with Gasteiger partial charge in [-0.2, -0.15) is 0 Å². The Balaban J connectivity index is 0.000000218. The number of benzene rings is 1. The lowest BCUT2D eigenvalue weighted by molar-refractivity contribution is -0.385. The molecule has 0 unspecified atom stereocenters. The number of aromatic amines is 1. The van der Waals surface area contributed by atoms with Gasteiger partial charge in [0, 0.05) is 12.3 Å². The second kappa shape index (κ2) is 7.02. The third-order valence-electron chi connectivity index (χ3n) is 2.01. The molecule has 1 heterocycles. The molecule has 2 N–H and O–H groups in total. The maximum absolute atomic E-state index is 10.4. The Morgan fingerprint density at radius 2 is 1.84 bits per heavy atom. The summed E-state index contributed by atoms with van der Waals surface area (Å²) >= 11 is 4.76. The van der Waals surface area contributed by atoms with Gasteiger partial charge in [-0.15, -0.1) is 0 Å². The molecule has 0 spiro atoms. The monoisotopic (exact) mass is 278 g/mol. The zero-order valence-corrected chi connectivity index (χ0v) is 10.5. The van der Waals surface area contributed by atoms with E-state index in [9.17, 15) is 14.9 Å². The molecule has 0 saturated carbocycles. The first-order valence-corrected chi connectivity index (χ1v) is 5.53. The maximum Gasteiger partial charge on any atom is 0.342 e. The Bertz CT molecular complexity index is 589. The molecule has 0 bridgehead atoms. The van der Waals surface area contributed by atoms with Gasteiger partial charge in [0.15, 0.2) is 0 Å². The van der Waals surface area contributed by atoms with Crippen LogP contribution in [0.1, 0.15) is 10.4 Å². The van der Waals surface area contributed by atoms with Gasteiger partial charge < -0.3 is 10.1 Å². The van der Waals surface area contributed by atoms with Crippen molar-refractivity contribution in [2.45, 2.75) is 0 Å². The molecule has 7 heteroatoms. The quantitative estimate of drug-likeness (QED) is 0.500. The number of nitro groups is 1. The van der Waals surface area contributed by atoms with Crippen molar-refractivity contribution >= 4 is 23.9 Å². The van der Waals surface area contributed by atoms with Gasteiger partial charge in [0.1, 0.15) is 10.2 Å². The normalized spacial score (nSPS) is 9.05. The second-order valence-corrected chi connectivity index (χ2v) is 3.75. The Morgan fingerprint density at radius 3 is 2.21 bits per heavy atom. The summed E-state index contributed by atoms with van der Waals surface area (Å²) in [6.45, 7) is 0. The lowest BCUT2D eigenvalue weighted by Crippen LogP contribution is -2.01. The number of H-pyrrole nitrogens is 1. The van der Waals surface area contributed by atoms with Gasteiger partial charge in [0.2, 0.25) is 0 Å². The molecule has 0 radical (unpaired) electrons. The van der Waals surface area contributed by atoms with Crippen LogP contribution in [0.15, 0.2) is 48.7 Å². The predicted octanol–water partition coefficient (Wildman–Crippen LogP) is 3.04. The number of hydrogen-bond acceptors (Lipinski definition) is 4. The van der Waals surface area contributed by atoms with Crippen molar-refractivity contribution < 1.29 is 14.8 Å². The molecule has 0 saturated heterocycles. The summed E-state index contributed by atoms with van der Waals surface area (Å²) in [5, 5.41) is 18.8. The Kier molecular flexibility index (Phi) is 5.36. The minimum Gasteiger partial charge on any atom is -0.477 e. The number of carboxylic acid groups (broad SMARTS) is 1. The van der Waals surface area contributed by atoms with Crippen LogP contribution in [0.5, 0.6) is 0 Å². The van der Waals surface area contributed by atoms with E-state index in [-0.39, 0.29) is 11.3 Å². The number of pyridine rings is 1. The lowest BCUT2D eigenvalue weighted by Gasteiger charge is -1.94. The van der Waals surface area contributed by atoms with Crippen LogP contribution < -0.4 is 0 Å². The van der Waals surface area contributed by atoms with E-state index in [0.29, 0.717) is 0 Å². The summed E-state index contributed by atoms with van der Waals surface area (Å²) in [5.41, 5.74) is -0.674. The van der Waals surface area contributed by atoms with Gasteiger partial charge >= 0.3 is 5.97 Å². The van der Waals surface area contributed by atoms with E-state index in [1.54, 1.807) is 0 Å². The summed E-state index contributed by atoms with van der Waals surface area (Å²) in [6, 6.07) is 10.9. The molecular weight excluding hydrogens is 268 g/mol. The van der Waals surface area contributed by atoms with Gasteiger partial charge in [0.05, 0.1) is 4.92 Å². The minimum absolute atomic E-state index is 0.289. The number of nitro benzene ring substituents is 1. The number of hydrogen-bond donors (Lipinski definition) is 2. The van der Waals surface area contributed by atoms with Crippen LogP contribution in [0, 0.1) is 14.8 Å². The zero-order valence-electron chi connectivity index (χ0n) is 9.65. The average molecular weight is 278 g/mol. The van der Waals surface area contributed by atoms with Gasteiger partial charge in [-0.1, -0.05) is 30.4 Å². The van der Waals surface area contributed by atoms with Crippen LogP contribution in [-0.4, -0.2) is 21.0 Å². The van der Waals surface area contributed by atoms with Crippen molar-refractivity contribution in [1.82, 2.24) is 4.98 Å². The minimum atomic E-state index is -1.29. The fourth-order valence-corrected chi connectivity index (χ4v) is 1.34. The third kappa shape index (κ3) is 4.68. The number of aromatic carboxylic acids is 1. The van der Waals surface area contributed by atoms with Crippen LogP contribution >= 0.6 is 12.2 Å². The molecule has 2 aromatic rings. The van der Waals surface area contributed by atoms with Gasteiger partial charge in [-0.05, 0) is 18.2 Å². The summed E-state index contributed by atoms with van der Waals surface area (Å²) in [5.74, 6) is -1.29. The van der Waals surface area contributed by atoms with Crippen LogP contribution in [0.25, 0.3) is 0 Å². The average Bonchev–Trinajstić information content (AvgIpc) is 2.40. The molecular formula is C12H10N2O4S. The second-order valence-electron chi connectivity index (χ2n) is 3.31. The SMILES string of the molecule is O=C(O)c1ccccc1[N+](=O)[O-].S=c1cccc[nH]1. The molecule has 0 atom stereocenters. The number of carboxylic acids is 1. The lowest BCUT2D eigenvalue weighted by atomic mass is 10.2. The summed E-state index contributed by atoms with van der Waals surface area (Å²) in [6.07, 6.45) is 1.81. The van der Waals surface area contributed by atoms with E-state index < -0.39 is 10.9 Å². The van der Waals surface area contributed by atoms with Crippen LogP contribution in [-0.2, 0) is 0 Å². The van der Waals surface area contributed by atoms with E-state index in [1.807, 2.05) is 24.4 Å². The van der Waals surface area contributed by atoms with Crippen molar-refractivity contribution in [1.29, 1.82) is 0 Å². The number of carbonyl (C=O) groups is 1. The fourth-order valence-electron chi connectivity index (χ4n) is 1.19. The molecule has 0 aliphatic carbocycles. The fraction of sp³-hybridized carbons (Fsp3) is 0. The van der Waals surface area contributed by atoms with E-state index >= 15 is 0 Å². The highest BCUT2D eigenvalue weighted by Gasteiger charge is 2.17. The van der Waals surface area contributed by atoms with Crippen LogP contribution in [0.3, 0.4) is 0 Å². The Hall–Kier alpha value is -2.54. The van der Waals surface area contributed by atoms with E-state index in [1.165, 1.54) is 18.2 Å². The Labute approximate surface area is 113 Å². The molecule has 19 heavy (non-hydrogen) atoms. The number of aromatic nitrogens is 1. The molecule has 1 aromatic carbocycles. The molecule has 0 amide bonds. The summed E-state index contributed by atoms with van der Waals surface area (Å²) < 4.78 is 0.780. The smallest absolute Gasteiger partial charge is 0.342 e. The molecule has 2 rings (SSSR count). The van der Waals surface area contributed by atoms with E-state index in [2.05, 4.69) is 4.98 Å². The molecule has 6 nitrogen and oxygen atoms in total. The van der Waals surface area contributed by atoms with E-state index in [4.69, 9.17) is 17.3 Å². The molecule has 98 valence electrons. The standard InChI is InChI=1S/C7H5NO4.C5H5NS/c9-7(10)5-3-1-2-4-6(5)8(11)12;7-5-3-1-2-4-6-5/h1-4H,(H,9,10);1-4H,(H,6,7). The van der Waals surface area contributed by atoms with Gasteiger partial charge in [-0.25, -0.2) is 4.79 Å². The van der Waals surface area contributed by atoms with E-state index in [0.717, 1.165) is 10.7 Å². The van der Waals surface area contributed by atoms with Crippen molar-refractivity contribution in [2.24, 2.45) is 0 Å². The van der Waals surface area contributed by atoms with Crippen LogP contribution in [0.2, 0.25) is 0 Å². The molecule has 0 aliphatic heterocycles. The number of rotatable bonds is 2. The predicted molar refractivity (Wildman–Crippen MR) is 71.7 cm³/mol. The third-order valence-corrected chi connectivity index (χ3v) is 2.27. The van der Waals surface area contributed by atoms with Gasteiger partial charge in [-0.3, -0.25) is 10.1 Å². The first-order chi connectivity index (χ1) is 9.02. The molecule has 1 aromatic heterocycles. The first-order valence-electron chi connectivity index (χ1n) is 5.13. The van der Waals surface area contributed by atoms with Crippen LogP contribution in [0.4, 0.5) is 5.69 Å². The maximum atomic E-state index is 10.4. The molecule has 0 aliphatic rings. The summed E-state index contributed by atoms with van der Waals surface area (Å²) in [7, 11) is 0. The highest BCUT2D eigenvalue weighted by atomic mass is 32.1. The van der Waals surface area contributed by atoms with Crippen molar-refractivity contribution in [3.63, 3.8) is 0 Å². The molecule has 0 fully saturated rings. The van der Waals surface area contributed by atoms with Crippen molar-refractivity contribution in [3.05, 3.63) is 69.0 Å². The van der Waals surface area contributed by atoms with Crippen molar-refractivity contribution in [3.8, 4) is 0 Å². The van der Waals surface area contributed by atoms with Gasteiger partial charge in [0.25, 0.3) is 5.69 Å². The highest BCUT2D eigenvalue weighted by molar-refractivity contribution is 7.71.